The summed E-state index contributed by atoms with van der Waals surface area (Å²) in [5, 5.41) is 20.4. The summed E-state index contributed by atoms with van der Waals surface area (Å²) < 4.78 is 4.69. The predicted octanol–water partition coefficient (Wildman–Crippen LogP) is -0.206. The number of nitrogens with two attached hydrogens (primary N) is 1. The zero-order valence-electron chi connectivity index (χ0n) is 15.6. The zero-order chi connectivity index (χ0) is 20.4. The summed E-state index contributed by atoms with van der Waals surface area (Å²) in [5.41, 5.74) is 5.94. The Morgan fingerprint density at radius 1 is 1.26 bits per heavy atom. The van der Waals surface area contributed by atoms with Crippen LogP contribution in [0.1, 0.15) is 36.2 Å². The molecule has 1 amide bonds. The van der Waals surface area contributed by atoms with Crippen LogP contribution in [0.2, 0.25) is 0 Å². The van der Waals surface area contributed by atoms with Crippen LogP contribution in [0.15, 0.2) is 24.3 Å². The van der Waals surface area contributed by atoms with Gasteiger partial charge in [0.1, 0.15) is 6.04 Å². The van der Waals surface area contributed by atoms with Gasteiger partial charge in [0.15, 0.2) is 0 Å². The first-order chi connectivity index (χ1) is 12.7. The largest absolute Gasteiger partial charge is 0.467 e. The molecule has 1 rings (SSSR count). The average molecular weight is 372 g/mol. The second-order valence-corrected chi connectivity index (χ2v) is 6.42. The fourth-order valence-corrected chi connectivity index (χ4v) is 1.97. The van der Waals surface area contributed by atoms with Crippen LogP contribution in [0.5, 0.6) is 0 Å². The minimum Gasteiger partial charge on any atom is -0.467 e. The van der Waals surface area contributed by atoms with Crippen LogP contribution in [0.4, 0.5) is 0 Å². The van der Waals surface area contributed by atoms with Gasteiger partial charge in [0.25, 0.3) is 5.91 Å². The molecule has 0 fully saturated rings. The van der Waals surface area contributed by atoms with E-state index < -0.39 is 29.6 Å². The second-order valence-electron chi connectivity index (χ2n) is 6.42. The third-order valence-corrected chi connectivity index (χ3v) is 3.51. The molecule has 0 saturated heterocycles. The number of nitrogens with one attached hydrogen (secondary N) is 1. The Labute approximate surface area is 158 Å². The lowest BCUT2D eigenvalue weighted by atomic mass is 9.95. The lowest BCUT2D eigenvalue weighted by Crippen LogP contribution is -2.59. The van der Waals surface area contributed by atoms with E-state index in [0.717, 1.165) is 0 Å². The fourth-order valence-electron chi connectivity index (χ4n) is 1.97. The molecular weight excluding hydrogens is 348 g/mol. The molecule has 144 valence electrons. The van der Waals surface area contributed by atoms with Crippen molar-refractivity contribution in [1.29, 1.82) is 0 Å². The molecule has 0 aliphatic rings. The molecule has 27 heavy (non-hydrogen) atoms. The third-order valence-electron chi connectivity index (χ3n) is 3.51. The molecule has 1 aromatic rings. The minimum atomic E-state index is -0.990. The van der Waals surface area contributed by atoms with Crippen molar-refractivity contribution in [3.63, 3.8) is 0 Å². The van der Waals surface area contributed by atoms with Crippen molar-refractivity contribution in [3.05, 3.63) is 35.4 Å². The molecule has 0 saturated carbocycles. The standard InChI is InChI=1S/C20H24N2O5/c1-20(2,21)17(19(26)27-3)22-18(25)15-11-9-14(10-12-15)7-5-4-6-8-16(24)13-23/h9-12,16-17,23-24H,8,13,21H2,1-3H3,(H,22,25)/t16-,17?/m1/s1. The molecule has 7 heteroatoms. The lowest BCUT2D eigenvalue weighted by Gasteiger charge is -2.28. The Hall–Kier alpha value is -2.84. The number of methoxy groups -OCH3 is 1. The van der Waals surface area contributed by atoms with Crippen molar-refractivity contribution in [2.24, 2.45) is 5.73 Å². The van der Waals surface area contributed by atoms with Gasteiger partial charge in [0, 0.05) is 23.1 Å². The maximum Gasteiger partial charge on any atom is 0.330 e. The van der Waals surface area contributed by atoms with E-state index in [2.05, 4.69) is 33.7 Å². The van der Waals surface area contributed by atoms with Crippen LogP contribution >= 0.6 is 0 Å². The summed E-state index contributed by atoms with van der Waals surface area (Å²) in [7, 11) is 1.23. The van der Waals surface area contributed by atoms with Gasteiger partial charge in [-0.3, -0.25) is 4.79 Å². The van der Waals surface area contributed by atoms with E-state index in [1.165, 1.54) is 7.11 Å². The molecule has 0 spiro atoms. The SMILES string of the molecule is COC(=O)C(NC(=O)c1ccc(C#CC#CC[C@@H](O)CO)cc1)C(C)(C)N. The maximum atomic E-state index is 12.3. The topological polar surface area (TPSA) is 122 Å². The van der Waals surface area contributed by atoms with Crippen LogP contribution in [0.25, 0.3) is 0 Å². The summed E-state index contributed by atoms with van der Waals surface area (Å²) in [4.78, 5) is 24.2. The summed E-state index contributed by atoms with van der Waals surface area (Å²) in [6, 6.07) is 5.44. The first-order valence-corrected chi connectivity index (χ1v) is 8.24. The molecule has 7 nitrogen and oxygen atoms in total. The zero-order valence-corrected chi connectivity index (χ0v) is 15.6. The lowest BCUT2D eigenvalue weighted by molar-refractivity contribution is -0.144. The van der Waals surface area contributed by atoms with E-state index in [-0.39, 0.29) is 13.0 Å². The minimum absolute atomic E-state index is 0.142. The Kier molecular flexibility index (Phi) is 8.50. The number of benzene rings is 1. The Bertz CT molecular complexity index is 773. The Morgan fingerprint density at radius 3 is 2.41 bits per heavy atom. The van der Waals surface area contributed by atoms with Crippen molar-refractivity contribution in [2.75, 3.05) is 13.7 Å². The van der Waals surface area contributed by atoms with E-state index in [1.807, 2.05) is 0 Å². The molecular formula is C20H24N2O5. The van der Waals surface area contributed by atoms with Crippen LogP contribution in [-0.2, 0) is 9.53 Å². The number of aliphatic hydroxyl groups excluding tert-OH is 2. The van der Waals surface area contributed by atoms with Gasteiger partial charge in [-0.2, -0.15) is 0 Å². The molecule has 1 aromatic carbocycles. The van der Waals surface area contributed by atoms with Crippen molar-refractivity contribution in [1.82, 2.24) is 5.32 Å². The number of esters is 1. The molecule has 0 heterocycles. The summed E-state index contributed by atoms with van der Waals surface area (Å²) in [6.45, 7) is 2.89. The summed E-state index contributed by atoms with van der Waals surface area (Å²) in [6.07, 6.45) is -0.729. The van der Waals surface area contributed by atoms with Gasteiger partial charge >= 0.3 is 5.97 Å². The quantitative estimate of drug-likeness (QED) is 0.405. The van der Waals surface area contributed by atoms with Gasteiger partial charge < -0.3 is 26.0 Å². The Morgan fingerprint density at radius 2 is 1.89 bits per heavy atom. The fraction of sp³-hybridized carbons (Fsp3) is 0.400. The van der Waals surface area contributed by atoms with Gasteiger partial charge in [-0.25, -0.2) is 4.79 Å². The predicted molar refractivity (Wildman–Crippen MR) is 100 cm³/mol. The van der Waals surface area contributed by atoms with Crippen LogP contribution < -0.4 is 11.1 Å². The van der Waals surface area contributed by atoms with Crippen molar-refractivity contribution < 1.29 is 24.5 Å². The van der Waals surface area contributed by atoms with E-state index in [0.29, 0.717) is 11.1 Å². The number of carbonyl (C=O) groups excluding carboxylic acids is 2. The van der Waals surface area contributed by atoms with Crippen molar-refractivity contribution in [2.45, 2.75) is 38.0 Å². The highest BCUT2D eigenvalue weighted by Crippen LogP contribution is 2.10. The molecule has 0 aromatic heterocycles. The van der Waals surface area contributed by atoms with Crippen molar-refractivity contribution >= 4 is 11.9 Å². The first kappa shape index (κ1) is 22.2. The molecule has 5 N–H and O–H groups in total. The molecule has 0 bridgehead atoms. The second kappa shape index (κ2) is 10.3. The summed E-state index contributed by atoms with van der Waals surface area (Å²) in [5.74, 6) is 9.55. The summed E-state index contributed by atoms with van der Waals surface area (Å²) >= 11 is 0. The third kappa shape index (κ3) is 7.51. The molecule has 0 aliphatic carbocycles. The van der Waals surface area contributed by atoms with Gasteiger partial charge in [0.2, 0.25) is 0 Å². The normalized spacial score (nSPS) is 12.5. The number of aliphatic hydroxyl groups is 2. The monoisotopic (exact) mass is 372 g/mol. The maximum absolute atomic E-state index is 12.3. The molecule has 2 atom stereocenters. The van der Waals surface area contributed by atoms with Crippen molar-refractivity contribution in [3.8, 4) is 23.7 Å². The smallest absolute Gasteiger partial charge is 0.330 e. The highest BCUT2D eigenvalue weighted by molar-refractivity contribution is 5.97. The highest BCUT2D eigenvalue weighted by atomic mass is 16.5. The van der Waals surface area contributed by atoms with Gasteiger partial charge in [-0.15, -0.1) is 0 Å². The first-order valence-electron chi connectivity index (χ1n) is 8.24. The number of hydrogen-bond donors (Lipinski definition) is 4. The van der Waals surface area contributed by atoms with Crippen LogP contribution in [0, 0.1) is 23.7 Å². The van der Waals surface area contributed by atoms with E-state index in [4.69, 9.17) is 15.9 Å². The molecule has 0 aliphatic heterocycles. The van der Waals surface area contributed by atoms with E-state index in [1.54, 1.807) is 38.1 Å². The number of amides is 1. The molecule has 0 radical (unpaired) electrons. The number of rotatable bonds is 6. The highest BCUT2D eigenvalue weighted by Gasteiger charge is 2.34. The average Bonchev–Trinajstić information content (AvgIpc) is 2.64. The number of hydrogen-bond acceptors (Lipinski definition) is 6. The van der Waals surface area contributed by atoms with Crippen LogP contribution in [-0.4, -0.2) is 53.5 Å². The van der Waals surface area contributed by atoms with Gasteiger partial charge in [0.05, 0.1) is 19.8 Å². The number of carbonyl (C=O) groups is 2. The Balaban J connectivity index is 2.78. The molecule has 1 unspecified atom stereocenters. The van der Waals surface area contributed by atoms with Gasteiger partial charge in [-0.05, 0) is 50.0 Å². The van der Waals surface area contributed by atoms with Crippen LogP contribution in [0.3, 0.4) is 0 Å². The van der Waals surface area contributed by atoms with Gasteiger partial charge in [-0.1, -0.05) is 11.8 Å². The number of ether oxygens (including phenoxy) is 1. The van der Waals surface area contributed by atoms with E-state index >= 15 is 0 Å². The van der Waals surface area contributed by atoms with E-state index in [9.17, 15) is 9.59 Å².